The summed E-state index contributed by atoms with van der Waals surface area (Å²) in [7, 11) is 1.97. The number of alkyl halides is 3. The van der Waals surface area contributed by atoms with Gasteiger partial charge in [-0.1, -0.05) is 6.07 Å². The first-order valence-corrected chi connectivity index (χ1v) is 12.2. The molecule has 1 aromatic heterocycles. The lowest BCUT2D eigenvalue weighted by Crippen LogP contribution is -2.53. The van der Waals surface area contributed by atoms with Crippen molar-refractivity contribution >= 4 is 17.7 Å². The third-order valence-electron chi connectivity index (χ3n) is 7.72. The number of carboxylic acids is 1. The quantitative estimate of drug-likeness (QED) is 0.640. The average Bonchev–Trinajstić information content (AvgIpc) is 3.48. The van der Waals surface area contributed by atoms with E-state index in [0.717, 1.165) is 35.7 Å². The summed E-state index contributed by atoms with van der Waals surface area (Å²) < 4.78 is 41.4. The minimum Gasteiger partial charge on any atom is -0.476 e. The number of carbonyl (C=O) groups is 2. The number of amides is 1. The number of carbonyl (C=O) groups excluding carboxylic acids is 1. The van der Waals surface area contributed by atoms with Crippen molar-refractivity contribution in [3.63, 3.8) is 0 Å². The number of aromatic nitrogens is 2. The van der Waals surface area contributed by atoms with Gasteiger partial charge in [0.15, 0.2) is 5.69 Å². The molecule has 196 valence electrons. The van der Waals surface area contributed by atoms with Gasteiger partial charge in [-0.3, -0.25) is 4.90 Å². The summed E-state index contributed by atoms with van der Waals surface area (Å²) in [5.41, 5.74) is 0.418. The van der Waals surface area contributed by atoms with Crippen molar-refractivity contribution in [1.82, 2.24) is 19.6 Å². The second-order valence-corrected chi connectivity index (χ2v) is 10.1. The summed E-state index contributed by atoms with van der Waals surface area (Å²) in [6.07, 6.45) is 0.192. The number of benzene rings is 1. The first-order chi connectivity index (χ1) is 16.9. The number of aromatic carboxylic acids is 1. The van der Waals surface area contributed by atoms with Gasteiger partial charge in [-0.2, -0.15) is 23.0 Å². The minimum absolute atomic E-state index is 0.186. The lowest BCUT2D eigenvalue weighted by atomic mass is 9.87. The summed E-state index contributed by atoms with van der Waals surface area (Å²) in [5, 5.41) is 12.9. The van der Waals surface area contributed by atoms with E-state index in [4.69, 9.17) is 5.11 Å². The van der Waals surface area contributed by atoms with Crippen molar-refractivity contribution in [2.24, 2.45) is 0 Å². The smallest absolute Gasteiger partial charge is 0.416 e. The first kappa shape index (κ1) is 26.0. The largest absolute Gasteiger partial charge is 0.476 e. The second-order valence-electron chi connectivity index (χ2n) is 10.1. The zero-order valence-corrected chi connectivity index (χ0v) is 20.8. The first-order valence-electron chi connectivity index (χ1n) is 12.2. The SMILES string of the molecule is C[C@H]1CCCN1c1cc(C(F)(F)F)ccc1CN(C)C1(C)CCN(C(=O)n2ccc(C(=O)O)n2)CC1. The highest BCUT2D eigenvalue weighted by Gasteiger charge is 2.37. The van der Waals surface area contributed by atoms with E-state index in [1.165, 1.54) is 18.3 Å². The predicted octanol–water partition coefficient (Wildman–Crippen LogP) is 4.54. The molecule has 2 saturated heterocycles. The summed E-state index contributed by atoms with van der Waals surface area (Å²) in [6.45, 7) is 6.31. The summed E-state index contributed by atoms with van der Waals surface area (Å²) in [5.74, 6) is -1.19. The minimum atomic E-state index is -4.40. The lowest BCUT2D eigenvalue weighted by molar-refractivity contribution is -0.137. The number of anilines is 1. The Morgan fingerprint density at radius 2 is 1.89 bits per heavy atom. The lowest BCUT2D eigenvalue weighted by Gasteiger charge is -2.45. The van der Waals surface area contributed by atoms with E-state index in [9.17, 15) is 22.8 Å². The maximum Gasteiger partial charge on any atom is 0.416 e. The van der Waals surface area contributed by atoms with Gasteiger partial charge in [0.05, 0.1) is 5.56 Å². The summed E-state index contributed by atoms with van der Waals surface area (Å²) >= 11 is 0. The van der Waals surface area contributed by atoms with E-state index in [0.29, 0.717) is 38.2 Å². The molecule has 3 heterocycles. The van der Waals surface area contributed by atoms with Crippen LogP contribution >= 0.6 is 0 Å². The van der Waals surface area contributed by atoms with Crippen LogP contribution in [0.5, 0.6) is 0 Å². The number of carboxylic acid groups (broad SMARTS) is 1. The molecule has 36 heavy (non-hydrogen) atoms. The monoisotopic (exact) mass is 507 g/mol. The van der Waals surface area contributed by atoms with Crippen LogP contribution in [-0.4, -0.2) is 74.9 Å². The number of nitrogens with zero attached hydrogens (tertiary/aromatic N) is 5. The van der Waals surface area contributed by atoms with Crippen molar-refractivity contribution in [3.8, 4) is 0 Å². The maximum absolute atomic E-state index is 13.5. The molecule has 0 aliphatic carbocycles. The highest BCUT2D eigenvalue weighted by atomic mass is 19.4. The number of hydrogen-bond donors (Lipinski definition) is 1. The van der Waals surface area contributed by atoms with Crippen molar-refractivity contribution in [2.45, 2.75) is 63.8 Å². The number of likely N-dealkylation sites (tertiary alicyclic amines) is 1. The van der Waals surface area contributed by atoms with E-state index in [-0.39, 0.29) is 23.3 Å². The van der Waals surface area contributed by atoms with Crippen LogP contribution in [-0.2, 0) is 12.7 Å². The molecule has 2 fully saturated rings. The molecular weight excluding hydrogens is 475 g/mol. The Bertz CT molecular complexity index is 1120. The third kappa shape index (κ3) is 5.21. The molecule has 1 aromatic carbocycles. The topological polar surface area (TPSA) is 81.9 Å². The highest BCUT2D eigenvalue weighted by molar-refractivity contribution is 5.86. The van der Waals surface area contributed by atoms with Crippen LogP contribution in [0.25, 0.3) is 0 Å². The number of piperidine rings is 1. The van der Waals surface area contributed by atoms with Crippen LogP contribution in [0.4, 0.5) is 23.7 Å². The molecule has 11 heteroatoms. The molecule has 0 saturated carbocycles. The Hall–Kier alpha value is -3.08. The van der Waals surface area contributed by atoms with Crippen molar-refractivity contribution in [1.29, 1.82) is 0 Å². The van der Waals surface area contributed by atoms with Gasteiger partial charge in [0.1, 0.15) is 0 Å². The molecule has 1 amide bonds. The Kier molecular flexibility index (Phi) is 7.05. The standard InChI is InChI=1S/C25H32F3N5O3/c1-17-5-4-11-32(17)21-15-19(25(26,27)28)7-6-18(21)16-30(3)24(2)9-13-31(14-10-24)23(36)33-12-8-20(29-33)22(34)35/h6-8,12,15,17H,4-5,9-11,13-14,16H2,1-3H3,(H,34,35)/t17-/m0/s1. The number of hydrogen-bond acceptors (Lipinski definition) is 5. The summed E-state index contributed by atoms with van der Waals surface area (Å²) in [6, 6.07) is 5.13. The fourth-order valence-corrected chi connectivity index (χ4v) is 5.13. The van der Waals surface area contributed by atoms with Gasteiger partial charge in [-0.05, 0) is 70.3 Å². The molecule has 0 bridgehead atoms. The van der Waals surface area contributed by atoms with Gasteiger partial charge in [0.25, 0.3) is 0 Å². The highest BCUT2D eigenvalue weighted by Crippen LogP contribution is 2.38. The molecule has 2 aliphatic rings. The van der Waals surface area contributed by atoms with Crippen LogP contribution in [0, 0.1) is 0 Å². The molecule has 2 aliphatic heterocycles. The molecule has 0 radical (unpaired) electrons. The van der Waals surface area contributed by atoms with Crippen LogP contribution in [0.1, 0.15) is 61.1 Å². The van der Waals surface area contributed by atoms with E-state index in [2.05, 4.69) is 21.8 Å². The zero-order valence-electron chi connectivity index (χ0n) is 20.8. The van der Waals surface area contributed by atoms with Gasteiger partial charge in [-0.25, -0.2) is 9.59 Å². The predicted molar refractivity (Wildman–Crippen MR) is 128 cm³/mol. The van der Waals surface area contributed by atoms with Gasteiger partial charge in [0, 0.05) is 49.6 Å². The zero-order chi connectivity index (χ0) is 26.3. The Morgan fingerprint density at radius 3 is 2.44 bits per heavy atom. The van der Waals surface area contributed by atoms with E-state index >= 15 is 0 Å². The van der Waals surface area contributed by atoms with E-state index in [1.54, 1.807) is 11.0 Å². The average molecular weight is 508 g/mol. The van der Waals surface area contributed by atoms with Crippen LogP contribution in [0.15, 0.2) is 30.5 Å². The molecular formula is C25H32F3N5O3. The number of halogens is 3. The van der Waals surface area contributed by atoms with Crippen LogP contribution in [0.3, 0.4) is 0 Å². The van der Waals surface area contributed by atoms with Gasteiger partial charge in [0.2, 0.25) is 0 Å². The fourth-order valence-electron chi connectivity index (χ4n) is 5.13. The second kappa shape index (κ2) is 9.76. The fraction of sp³-hybridized carbons (Fsp3) is 0.560. The van der Waals surface area contributed by atoms with Crippen molar-refractivity contribution < 1.29 is 27.9 Å². The Morgan fingerprint density at radius 1 is 1.19 bits per heavy atom. The Labute approximate surface area is 208 Å². The number of rotatable bonds is 5. The normalized spacial score (nSPS) is 20.2. The van der Waals surface area contributed by atoms with Crippen molar-refractivity contribution in [2.75, 3.05) is 31.6 Å². The van der Waals surface area contributed by atoms with E-state index in [1.807, 2.05) is 14.0 Å². The van der Waals surface area contributed by atoms with Crippen molar-refractivity contribution in [3.05, 3.63) is 47.3 Å². The third-order valence-corrected chi connectivity index (χ3v) is 7.72. The Balaban J connectivity index is 1.47. The molecule has 1 atom stereocenters. The van der Waals surface area contributed by atoms with Crippen LogP contribution in [0.2, 0.25) is 0 Å². The van der Waals surface area contributed by atoms with Gasteiger partial charge < -0.3 is 14.9 Å². The maximum atomic E-state index is 13.5. The molecule has 4 rings (SSSR count). The van der Waals surface area contributed by atoms with E-state index < -0.39 is 17.7 Å². The van der Waals surface area contributed by atoms with Crippen LogP contribution < -0.4 is 4.90 Å². The van der Waals surface area contributed by atoms with Gasteiger partial charge in [-0.15, -0.1) is 0 Å². The molecule has 0 spiro atoms. The molecule has 2 aromatic rings. The molecule has 0 unspecified atom stereocenters. The molecule has 8 nitrogen and oxygen atoms in total. The summed E-state index contributed by atoms with van der Waals surface area (Å²) in [4.78, 5) is 29.7. The van der Waals surface area contributed by atoms with Gasteiger partial charge >= 0.3 is 18.2 Å². The molecule has 1 N–H and O–H groups in total.